The Morgan fingerprint density at radius 3 is 2.34 bits per heavy atom. The maximum absolute atomic E-state index is 14.0. The fourth-order valence-electron chi connectivity index (χ4n) is 3.37. The van der Waals surface area contributed by atoms with E-state index in [1.165, 1.54) is 24.4 Å². The number of hydrogen-bond donors (Lipinski definition) is 1. The van der Waals surface area contributed by atoms with Gasteiger partial charge in [0.05, 0.1) is 23.1 Å². The van der Waals surface area contributed by atoms with E-state index in [9.17, 15) is 13.6 Å². The number of nitrogens with zero attached hydrogens (tertiary/aromatic N) is 3. The van der Waals surface area contributed by atoms with Crippen molar-refractivity contribution >= 4 is 23.0 Å². The molecular formula is C22H20F2N4O. The van der Waals surface area contributed by atoms with Gasteiger partial charge in [-0.3, -0.25) is 9.78 Å². The Labute approximate surface area is 167 Å². The van der Waals surface area contributed by atoms with Gasteiger partial charge in [-0.15, -0.1) is 0 Å². The van der Waals surface area contributed by atoms with Crippen molar-refractivity contribution in [1.82, 2.24) is 9.88 Å². The number of aromatic nitrogens is 1. The molecule has 1 N–H and O–H groups in total. The van der Waals surface area contributed by atoms with E-state index in [-0.39, 0.29) is 17.5 Å². The Morgan fingerprint density at radius 1 is 0.897 bits per heavy atom. The van der Waals surface area contributed by atoms with Gasteiger partial charge in [-0.25, -0.2) is 8.78 Å². The van der Waals surface area contributed by atoms with Crippen LogP contribution in [-0.2, 0) is 0 Å². The lowest BCUT2D eigenvalue weighted by Gasteiger charge is -2.36. The first kappa shape index (κ1) is 18.9. The highest BCUT2D eigenvalue weighted by Gasteiger charge is 2.23. The highest BCUT2D eigenvalue weighted by Crippen LogP contribution is 2.22. The molecule has 0 unspecified atom stereocenters. The smallest absolute Gasteiger partial charge is 0.255 e. The van der Waals surface area contributed by atoms with E-state index in [0.717, 1.165) is 0 Å². The molecule has 2 heterocycles. The molecule has 0 aliphatic carbocycles. The lowest BCUT2D eigenvalue weighted by Crippen LogP contribution is -2.49. The summed E-state index contributed by atoms with van der Waals surface area (Å²) in [7, 11) is 0. The van der Waals surface area contributed by atoms with Gasteiger partial charge in [0, 0.05) is 38.1 Å². The van der Waals surface area contributed by atoms with Crippen LogP contribution in [0.1, 0.15) is 10.4 Å². The van der Waals surface area contributed by atoms with Crippen molar-refractivity contribution in [2.45, 2.75) is 0 Å². The molecule has 0 radical (unpaired) electrons. The molecule has 0 bridgehead atoms. The summed E-state index contributed by atoms with van der Waals surface area (Å²) in [6.07, 6.45) is 3.14. The minimum Gasteiger partial charge on any atom is -0.366 e. The molecule has 0 spiro atoms. The van der Waals surface area contributed by atoms with Crippen LogP contribution in [0.4, 0.5) is 25.8 Å². The Kier molecular flexibility index (Phi) is 5.37. The van der Waals surface area contributed by atoms with Gasteiger partial charge in [0.25, 0.3) is 5.91 Å². The number of para-hydroxylation sites is 1. The molecule has 7 heteroatoms. The second kappa shape index (κ2) is 8.26. The summed E-state index contributed by atoms with van der Waals surface area (Å²) in [6, 6.07) is 14.3. The van der Waals surface area contributed by atoms with Crippen molar-refractivity contribution < 1.29 is 13.6 Å². The Morgan fingerprint density at radius 2 is 1.62 bits per heavy atom. The van der Waals surface area contributed by atoms with Crippen LogP contribution >= 0.6 is 0 Å². The highest BCUT2D eigenvalue weighted by atomic mass is 19.1. The Hall–Kier alpha value is -3.48. The van der Waals surface area contributed by atoms with Crippen molar-refractivity contribution in [2.75, 3.05) is 36.4 Å². The molecule has 0 saturated carbocycles. The van der Waals surface area contributed by atoms with Gasteiger partial charge in [0.1, 0.15) is 11.6 Å². The third-order valence-corrected chi connectivity index (χ3v) is 4.88. The first-order chi connectivity index (χ1) is 14.1. The number of hydrogen-bond acceptors (Lipinski definition) is 4. The minimum atomic E-state index is -0.313. The molecule has 29 heavy (non-hydrogen) atoms. The second-order valence-electron chi connectivity index (χ2n) is 6.82. The van der Waals surface area contributed by atoms with Crippen molar-refractivity contribution in [3.05, 3.63) is 84.2 Å². The largest absolute Gasteiger partial charge is 0.366 e. The Balaban J connectivity index is 1.41. The second-order valence-corrected chi connectivity index (χ2v) is 6.82. The number of benzene rings is 2. The normalized spacial score (nSPS) is 14.0. The van der Waals surface area contributed by atoms with Crippen LogP contribution in [0.2, 0.25) is 0 Å². The van der Waals surface area contributed by atoms with Gasteiger partial charge >= 0.3 is 0 Å². The number of halogens is 2. The molecule has 3 aromatic rings. The number of nitrogens with one attached hydrogen (secondary N) is 1. The molecule has 0 atom stereocenters. The Bertz CT molecular complexity index is 1000. The van der Waals surface area contributed by atoms with Crippen LogP contribution in [-0.4, -0.2) is 42.0 Å². The predicted molar refractivity (Wildman–Crippen MR) is 108 cm³/mol. The number of carbonyl (C=O) groups excluding carboxylic acids is 1. The van der Waals surface area contributed by atoms with Gasteiger partial charge in [-0.2, -0.15) is 0 Å². The van der Waals surface area contributed by atoms with Crippen molar-refractivity contribution in [3.8, 4) is 0 Å². The van der Waals surface area contributed by atoms with Gasteiger partial charge in [0.15, 0.2) is 0 Å². The first-order valence-electron chi connectivity index (χ1n) is 9.36. The van der Waals surface area contributed by atoms with Crippen LogP contribution in [0.3, 0.4) is 0 Å². The molecule has 1 aliphatic rings. The van der Waals surface area contributed by atoms with Crippen molar-refractivity contribution in [3.63, 3.8) is 0 Å². The number of rotatable bonds is 4. The molecule has 1 aliphatic heterocycles. The monoisotopic (exact) mass is 394 g/mol. The first-order valence-corrected chi connectivity index (χ1v) is 9.36. The van der Waals surface area contributed by atoms with Gasteiger partial charge in [0.2, 0.25) is 0 Å². The summed E-state index contributed by atoms with van der Waals surface area (Å²) in [6.45, 7) is 2.13. The fraction of sp³-hybridized carbons (Fsp3) is 0.182. The van der Waals surface area contributed by atoms with Crippen LogP contribution in [0.15, 0.2) is 67.0 Å². The van der Waals surface area contributed by atoms with Gasteiger partial charge in [-0.05, 0) is 42.5 Å². The van der Waals surface area contributed by atoms with Crippen molar-refractivity contribution in [2.24, 2.45) is 0 Å². The van der Waals surface area contributed by atoms with Crippen LogP contribution < -0.4 is 10.2 Å². The number of amides is 1. The molecule has 148 valence electrons. The zero-order chi connectivity index (χ0) is 20.2. The van der Waals surface area contributed by atoms with E-state index in [0.29, 0.717) is 48.8 Å². The maximum Gasteiger partial charge on any atom is 0.255 e. The molecule has 1 aromatic heterocycles. The van der Waals surface area contributed by atoms with Crippen LogP contribution in [0.25, 0.3) is 0 Å². The molecular weight excluding hydrogens is 374 g/mol. The standard InChI is InChI=1S/C22H20F2N4O/c23-17-5-7-18(8-6-17)26-19-13-16(14-25-15-19)22(29)28-11-9-27(10-12-28)21-4-2-1-3-20(21)24/h1-8,13-15,26H,9-12H2. The van der Waals surface area contributed by atoms with E-state index >= 15 is 0 Å². The van der Waals surface area contributed by atoms with Crippen molar-refractivity contribution in [1.29, 1.82) is 0 Å². The highest BCUT2D eigenvalue weighted by molar-refractivity contribution is 5.95. The van der Waals surface area contributed by atoms with E-state index in [4.69, 9.17) is 0 Å². The fourth-order valence-corrected chi connectivity index (χ4v) is 3.37. The lowest BCUT2D eigenvalue weighted by molar-refractivity contribution is 0.0746. The average Bonchev–Trinajstić information content (AvgIpc) is 2.76. The summed E-state index contributed by atoms with van der Waals surface area (Å²) in [5, 5.41) is 3.11. The van der Waals surface area contributed by atoms with Gasteiger partial charge in [-0.1, -0.05) is 12.1 Å². The maximum atomic E-state index is 14.0. The molecule has 1 saturated heterocycles. The van der Waals surface area contributed by atoms with Crippen LogP contribution in [0.5, 0.6) is 0 Å². The van der Waals surface area contributed by atoms with E-state index in [1.54, 1.807) is 47.5 Å². The molecule has 1 fully saturated rings. The minimum absolute atomic E-state index is 0.117. The molecule has 1 amide bonds. The molecule has 5 nitrogen and oxygen atoms in total. The summed E-state index contributed by atoms with van der Waals surface area (Å²) in [5.74, 6) is -0.684. The predicted octanol–water partition coefficient (Wildman–Crippen LogP) is 4.07. The summed E-state index contributed by atoms with van der Waals surface area (Å²) >= 11 is 0. The molecule has 2 aromatic carbocycles. The average molecular weight is 394 g/mol. The van der Waals surface area contributed by atoms with Crippen LogP contribution in [0, 0.1) is 11.6 Å². The quantitative estimate of drug-likeness (QED) is 0.725. The summed E-state index contributed by atoms with van der Waals surface area (Å²) < 4.78 is 27.0. The number of anilines is 3. The number of pyridine rings is 1. The zero-order valence-electron chi connectivity index (χ0n) is 15.7. The van der Waals surface area contributed by atoms with Gasteiger partial charge < -0.3 is 15.1 Å². The number of carbonyl (C=O) groups is 1. The third-order valence-electron chi connectivity index (χ3n) is 4.88. The summed E-state index contributed by atoms with van der Waals surface area (Å²) in [5.41, 5.74) is 2.38. The van der Waals surface area contributed by atoms with E-state index < -0.39 is 0 Å². The molecule has 4 rings (SSSR count). The zero-order valence-corrected chi connectivity index (χ0v) is 15.7. The lowest BCUT2D eigenvalue weighted by atomic mass is 10.2. The third kappa shape index (κ3) is 4.34. The topological polar surface area (TPSA) is 48.5 Å². The van der Waals surface area contributed by atoms with E-state index in [1.807, 2.05) is 4.90 Å². The SMILES string of the molecule is O=C(c1cncc(Nc2ccc(F)cc2)c1)N1CCN(c2ccccc2F)CC1. The summed E-state index contributed by atoms with van der Waals surface area (Å²) in [4.78, 5) is 20.7. The number of piperazine rings is 1. The van der Waals surface area contributed by atoms with E-state index in [2.05, 4.69) is 10.3 Å².